The van der Waals surface area contributed by atoms with Crippen molar-refractivity contribution in [1.29, 1.82) is 0 Å². The second-order valence-electron chi connectivity index (χ2n) is 10.8. The third-order valence-electron chi connectivity index (χ3n) is 7.98. The number of carbonyl (C=O) groups is 1. The molecule has 2 atom stereocenters. The topological polar surface area (TPSA) is 106 Å². The average molecular weight is 585 g/mol. The summed E-state index contributed by atoms with van der Waals surface area (Å²) >= 11 is 1.65. The van der Waals surface area contributed by atoms with E-state index in [1.165, 1.54) is 0 Å². The van der Waals surface area contributed by atoms with E-state index in [0.29, 0.717) is 19.0 Å². The molecule has 0 aliphatic carbocycles. The normalized spacial score (nSPS) is 18.3. The summed E-state index contributed by atoms with van der Waals surface area (Å²) < 4.78 is 15.2. The van der Waals surface area contributed by atoms with Gasteiger partial charge in [-0.05, 0) is 49.7 Å². The zero-order chi connectivity index (χ0) is 28.6. The molecule has 2 aliphatic rings. The van der Waals surface area contributed by atoms with Crippen LogP contribution in [0.15, 0.2) is 60.7 Å². The van der Waals surface area contributed by atoms with Crippen LogP contribution in [0.4, 0.5) is 5.82 Å². The Kier molecular flexibility index (Phi) is 7.22. The van der Waals surface area contributed by atoms with Crippen LogP contribution < -0.4 is 9.64 Å². The number of anilines is 1. The van der Waals surface area contributed by atoms with Gasteiger partial charge in [0.2, 0.25) is 5.88 Å². The number of carboxylic acids is 1. The van der Waals surface area contributed by atoms with Crippen LogP contribution in [0, 0.1) is 0 Å². The summed E-state index contributed by atoms with van der Waals surface area (Å²) in [5.41, 5.74) is 2.92. The number of rotatable bonds is 9. The third kappa shape index (κ3) is 5.42. The molecule has 42 heavy (non-hydrogen) atoms. The van der Waals surface area contributed by atoms with Crippen molar-refractivity contribution in [3.8, 4) is 5.88 Å². The fraction of sp³-hybridized carbons (Fsp3) is 0.355. The number of nitrogens with zero attached hydrogens (tertiary/aromatic N) is 6. The molecule has 216 valence electrons. The number of benzene rings is 2. The zero-order valence-corrected chi connectivity index (χ0v) is 24.2. The van der Waals surface area contributed by atoms with Crippen molar-refractivity contribution in [2.24, 2.45) is 0 Å². The van der Waals surface area contributed by atoms with Crippen molar-refractivity contribution >= 4 is 44.4 Å². The summed E-state index contributed by atoms with van der Waals surface area (Å²) in [5, 5.41) is 10.5. The molecule has 0 amide bonds. The number of para-hydroxylation sites is 1. The highest BCUT2D eigenvalue weighted by molar-refractivity contribution is 7.18. The van der Waals surface area contributed by atoms with Crippen molar-refractivity contribution in [3.63, 3.8) is 0 Å². The van der Waals surface area contributed by atoms with E-state index < -0.39 is 5.97 Å². The summed E-state index contributed by atoms with van der Waals surface area (Å²) in [6.07, 6.45) is 0.952. The minimum absolute atomic E-state index is 0.143. The summed E-state index contributed by atoms with van der Waals surface area (Å²) in [6, 6.07) is 19.2. The first-order chi connectivity index (χ1) is 20.5. The molecule has 2 aromatic carbocycles. The molecule has 2 fully saturated rings. The average Bonchev–Trinajstić information content (AvgIpc) is 3.56. The number of aromatic carboxylic acids is 1. The van der Waals surface area contributed by atoms with Crippen LogP contribution in [-0.2, 0) is 17.8 Å². The smallest absolute Gasteiger partial charge is 0.335 e. The van der Waals surface area contributed by atoms with Crippen molar-refractivity contribution in [1.82, 2.24) is 24.4 Å². The number of piperazine rings is 1. The van der Waals surface area contributed by atoms with E-state index in [-0.39, 0.29) is 17.8 Å². The second kappa shape index (κ2) is 11.3. The summed E-state index contributed by atoms with van der Waals surface area (Å²) in [6.45, 7) is 7.54. The largest absolute Gasteiger partial charge is 0.478 e. The first-order valence-corrected chi connectivity index (χ1v) is 15.1. The molecule has 0 radical (unpaired) electrons. The predicted molar refractivity (Wildman–Crippen MR) is 161 cm³/mol. The van der Waals surface area contributed by atoms with Gasteiger partial charge in [0, 0.05) is 38.9 Å². The lowest BCUT2D eigenvalue weighted by Gasteiger charge is -2.35. The maximum absolute atomic E-state index is 11.6. The highest BCUT2D eigenvalue weighted by Crippen LogP contribution is 2.30. The van der Waals surface area contributed by atoms with E-state index in [0.717, 1.165) is 77.1 Å². The SMILES string of the molecule is C[C@@H](Oc1cccc(N2CCN(Cc3nc4ccc(C(=O)O)cc4n3CC3CCO3)CC2)n1)c1nc2ccccc2s1. The second-order valence-corrected chi connectivity index (χ2v) is 11.9. The van der Waals surface area contributed by atoms with Gasteiger partial charge in [-0.1, -0.05) is 18.2 Å². The monoisotopic (exact) mass is 584 g/mol. The Balaban J connectivity index is 1.02. The number of imidazole rings is 1. The van der Waals surface area contributed by atoms with Gasteiger partial charge in [-0.15, -0.1) is 11.3 Å². The van der Waals surface area contributed by atoms with Crippen LogP contribution in [-0.4, -0.2) is 74.4 Å². The highest BCUT2D eigenvalue weighted by atomic mass is 32.1. The minimum Gasteiger partial charge on any atom is -0.478 e. The molecule has 2 aliphatic heterocycles. The van der Waals surface area contributed by atoms with Crippen LogP contribution in [0.2, 0.25) is 0 Å². The summed E-state index contributed by atoms with van der Waals surface area (Å²) in [7, 11) is 0. The molecule has 5 heterocycles. The number of carboxylic acid groups (broad SMARTS) is 1. The van der Waals surface area contributed by atoms with Gasteiger partial charge >= 0.3 is 5.97 Å². The molecular weight excluding hydrogens is 552 g/mol. The van der Waals surface area contributed by atoms with Crippen molar-refractivity contribution in [3.05, 3.63) is 77.1 Å². The Hall–Kier alpha value is -4.06. The Labute approximate surface area is 247 Å². The molecule has 1 N–H and O–H groups in total. The molecule has 3 aromatic heterocycles. The molecule has 0 saturated carbocycles. The predicted octanol–water partition coefficient (Wildman–Crippen LogP) is 4.99. The maximum atomic E-state index is 11.6. The number of thiazole rings is 1. The molecule has 5 aromatic rings. The lowest BCUT2D eigenvalue weighted by atomic mass is 10.1. The molecule has 0 bridgehead atoms. The number of hydrogen-bond acceptors (Lipinski definition) is 9. The van der Waals surface area contributed by atoms with Gasteiger partial charge in [0.25, 0.3) is 0 Å². The number of ether oxygens (including phenoxy) is 2. The van der Waals surface area contributed by atoms with Crippen molar-refractivity contribution < 1.29 is 19.4 Å². The number of aromatic nitrogens is 4. The van der Waals surface area contributed by atoms with Crippen molar-refractivity contribution in [2.45, 2.75) is 38.6 Å². The highest BCUT2D eigenvalue weighted by Gasteiger charge is 2.25. The number of pyridine rings is 1. The number of fused-ring (bicyclic) bond motifs is 2. The van der Waals surface area contributed by atoms with E-state index in [9.17, 15) is 9.90 Å². The number of hydrogen-bond donors (Lipinski definition) is 1. The van der Waals surface area contributed by atoms with E-state index in [1.54, 1.807) is 29.5 Å². The van der Waals surface area contributed by atoms with Gasteiger partial charge in [-0.2, -0.15) is 4.98 Å². The van der Waals surface area contributed by atoms with E-state index in [4.69, 9.17) is 24.4 Å². The Morgan fingerprint density at radius 2 is 1.88 bits per heavy atom. The molecule has 0 spiro atoms. The molecule has 1 unspecified atom stereocenters. The standard InChI is InChI=1S/C31H32N6O4S/c1-20(30-33-24-5-2-3-6-26(24)42-30)41-29-8-4-7-27(34-29)36-14-12-35(13-15-36)19-28-32-23-10-9-21(31(38)39)17-25(23)37(28)18-22-11-16-40-22/h2-10,17,20,22H,11-16,18-19H2,1H3,(H,38,39)/t20-,22?/m1/s1. The van der Waals surface area contributed by atoms with Gasteiger partial charge in [0.15, 0.2) is 0 Å². The lowest BCUT2D eigenvalue weighted by molar-refractivity contribution is -0.0592. The van der Waals surface area contributed by atoms with Crippen LogP contribution >= 0.6 is 11.3 Å². The van der Waals surface area contributed by atoms with Gasteiger partial charge in [-0.3, -0.25) is 4.90 Å². The molecule has 7 rings (SSSR count). The molecule has 11 heteroatoms. The molecule has 10 nitrogen and oxygen atoms in total. The Morgan fingerprint density at radius 3 is 2.64 bits per heavy atom. The van der Waals surface area contributed by atoms with Gasteiger partial charge in [-0.25, -0.2) is 14.8 Å². The summed E-state index contributed by atoms with van der Waals surface area (Å²) in [4.78, 5) is 30.7. The van der Waals surface area contributed by atoms with Crippen LogP contribution in [0.25, 0.3) is 21.3 Å². The van der Waals surface area contributed by atoms with Crippen LogP contribution in [0.5, 0.6) is 5.88 Å². The molecular formula is C31H32N6O4S. The van der Waals surface area contributed by atoms with Crippen LogP contribution in [0.3, 0.4) is 0 Å². The van der Waals surface area contributed by atoms with Crippen LogP contribution in [0.1, 0.15) is 40.6 Å². The summed E-state index contributed by atoms with van der Waals surface area (Å²) in [5.74, 6) is 1.50. The van der Waals surface area contributed by atoms with E-state index in [1.807, 2.05) is 43.3 Å². The quantitative estimate of drug-likeness (QED) is 0.256. The van der Waals surface area contributed by atoms with Crippen molar-refractivity contribution in [2.75, 3.05) is 37.7 Å². The van der Waals surface area contributed by atoms with E-state index in [2.05, 4.69) is 20.4 Å². The lowest BCUT2D eigenvalue weighted by Crippen LogP contribution is -2.46. The first kappa shape index (κ1) is 26.8. The maximum Gasteiger partial charge on any atom is 0.335 e. The Morgan fingerprint density at radius 1 is 1.05 bits per heavy atom. The minimum atomic E-state index is -0.934. The molecule has 2 saturated heterocycles. The van der Waals surface area contributed by atoms with Gasteiger partial charge in [0.05, 0.1) is 46.0 Å². The van der Waals surface area contributed by atoms with Gasteiger partial charge < -0.3 is 24.0 Å². The third-order valence-corrected chi connectivity index (χ3v) is 9.18. The fourth-order valence-corrected chi connectivity index (χ4v) is 6.49. The van der Waals surface area contributed by atoms with Gasteiger partial charge in [0.1, 0.15) is 22.8 Å². The van der Waals surface area contributed by atoms with E-state index >= 15 is 0 Å². The fourth-order valence-electron chi connectivity index (χ4n) is 5.54. The first-order valence-electron chi connectivity index (χ1n) is 14.3. The zero-order valence-electron chi connectivity index (χ0n) is 23.3. The Bertz CT molecular complexity index is 1710.